The Bertz CT molecular complexity index is 1200. The molecule has 188 valence electrons. The summed E-state index contributed by atoms with van der Waals surface area (Å²) in [6.45, 7) is 1.17. The molecular formula is C22H21BrF4N4O4. The zero-order valence-corrected chi connectivity index (χ0v) is 19.9. The number of fused-ring (bicyclic) bond motifs is 4. The summed E-state index contributed by atoms with van der Waals surface area (Å²) in [5, 5.41) is 9.35. The number of carbonyl (C=O) groups is 1. The molecule has 1 aromatic heterocycles. The van der Waals surface area contributed by atoms with Gasteiger partial charge in [-0.15, -0.1) is 0 Å². The van der Waals surface area contributed by atoms with Crippen LogP contribution in [0, 0.1) is 11.2 Å². The first-order chi connectivity index (χ1) is 16.5. The molecule has 4 bridgehead atoms. The number of ether oxygens (including phenoxy) is 2. The number of nitrogens with zero attached hydrogens (tertiary/aromatic N) is 4. The van der Waals surface area contributed by atoms with E-state index >= 15 is 4.39 Å². The number of aromatic nitrogens is 2. The molecule has 5 heterocycles. The number of alkyl halides is 3. The Morgan fingerprint density at radius 2 is 1.94 bits per heavy atom. The molecule has 5 aliphatic rings. The number of amides is 1. The summed E-state index contributed by atoms with van der Waals surface area (Å²) >= 11 is 2.75. The van der Waals surface area contributed by atoms with Gasteiger partial charge in [-0.25, -0.2) is 9.18 Å². The van der Waals surface area contributed by atoms with Crippen molar-refractivity contribution in [2.24, 2.45) is 5.41 Å². The quantitative estimate of drug-likeness (QED) is 0.553. The van der Waals surface area contributed by atoms with Crippen molar-refractivity contribution in [3.63, 3.8) is 0 Å². The molecule has 1 aromatic carbocycles. The summed E-state index contributed by atoms with van der Waals surface area (Å²) in [5.74, 6) is -1.02. The van der Waals surface area contributed by atoms with Gasteiger partial charge in [0, 0.05) is 36.0 Å². The highest BCUT2D eigenvalue weighted by atomic mass is 79.9. The fraction of sp³-hybridized carbons (Fsp3) is 0.591. The first-order valence-electron chi connectivity index (χ1n) is 11.3. The lowest BCUT2D eigenvalue weighted by atomic mass is 9.71. The Kier molecular flexibility index (Phi) is 5.12. The highest BCUT2D eigenvalue weighted by Crippen LogP contribution is 2.50. The third-order valence-electron chi connectivity index (χ3n) is 7.59. The minimum Gasteiger partial charge on any atom is -0.465 e. The monoisotopic (exact) mass is 560 g/mol. The summed E-state index contributed by atoms with van der Waals surface area (Å²) in [5.41, 5.74) is -1.59. The van der Waals surface area contributed by atoms with Crippen LogP contribution in [0.2, 0.25) is 0 Å². The molecular weight excluding hydrogens is 540 g/mol. The molecule has 1 saturated carbocycles. The van der Waals surface area contributed by atoms with Gasteiger partial charge in [0.1, 0.15) is 11.3 Å². The maximum atomic E-state index is 15.3. The van der Waals surface area contributed by atoms with E-state index in [1.54, 1.807) is 0 Å². The van der Waals surface area contributed by atoms with E-state index in [4.69, 9.17) is 9.47 Å². The summed E-state index contributed by atoms with van der Waals surface area (Å²) in [7, 11) is 0. The van der Waals surface area contributed by atoms with Crippen LogP contribution in [0.25, 0.3) is 10.9 Å². The number of carboxylic acid groups (broad SMARTS) is 1. The highest BCUT2D eigenvalue weighted by Gasteiger charge is 2.52. The molecule has 5 fully saturated rings. The standard InChI is InChI=1S/C22H21BrF4N4O4/c23-15-14(22(25,26)27)3-13-17(16(15)24)28-19(35-9-21-4-12(5-21)34-8-21)29-18(13)31-10-1-2-11(31)7-30(6-10)20(32)33/h3,10-12H,1-2,4-9H2,(H,32,33). The molecule has 35 heavy (non-hydrogen) atoms. The summed E-state index contributed by atoms with van der Waals surface area (Å²) < 4.78 is 67.1. The van der Waals surface area contributed by atoms with E-state index in [1.807, 2.05) is 4.90 Å². The minimum absolute atomic E-state index is 0.0860. The number of likely N-dealkylation sites (tertiary alicyclic amines) is 1. The number of halogens is 5. The fourth-order valence-corrected chi connectivity index (χ4v) is 6.38. The van der Waals surface area contributed by atoms with Gasteiger partial charge in [0.15, 0.2) is 5.82 Å². The zero-order valence-electron chi connectivity index (χ0n) is 18.3. The van der Waals surface area contributed by atoms with Gasteiger partial charge in [-0.1, -0.05) is 0 Å². The molecule has 2 atom stereocenters. The average Bonchev–Trinajstić information content (AvgIpc) is 3.44. The lowest BCUT2D eigenvalue weighted by molar-refractivity contribution is -0.138. The fourth-order valence-electron chi connectivity index (χ4n) is 5.85. The summed E-state index contributed by atoms with van der Waals surface area (Å²) in [4.78, 5) is 23.3. The van der Waals surface area contributed by atoms with Crippen molar-refractivity contribution >= 4 is 38.7 Å². The molecule has 0 spiro atoms. The van der Waals surface area contributed by atoms with Gasteiger partial charge in [-0.2, -0.15) is 23.1 Å². The predicted molar refractivity (Wildman–Crippen MR) is 118 cm³/mol. The first kappa shape index (κ1) is 23.0. The average molecular weight is 561 g/mol. The van der Waals surface area contributed by atoms with Crippen molar-refractivity contribution in [2.45, 2.75) is 50.0 Å². The smallest absolute Gasteiger partial charge is 0.417 e. The largest absolute Gasteiger partial charge is 0.465 e. The molecule has 8 nitrogen and oxygen atoms in total. The van der Waals surface area contributed by atoms with Crippen LogP contribution in [0.4, 0.5) is 28.2 Å². The SMILES string of the molecule is O=C(O)N1CC2CCC(C1)N2c1nc(OCC23COC(C2)C3)nc2c(F)c(Br)c(C(F)(F)F)cc12. The molecule has 13 heteroatoms. The van der Waals surface area contributed by atoms with Gasteiger partial charge in [0.05, 0.1) is 29.4 Å². The van der Waals surface area contributed by atoms with E-state index in [9.17, 15) is 23.1 Å². The Balaban J connectivity index is 1.45. The Hall–Kier alpha value is -2.41. The van der Waals surface area contributed by atoms with E-state index in [0.29, 0.717) is 19.4 Å². The van der Waals surface area contributed by atoms with Crippen molar-refractivity contribution in [3.8, 4) is 6.01 Å². The number of benzene rings is 1. The Morgan fingerprint density at radius 3 is 2.51 bits per heavy atom. The second-order valence-electron chi connectivity index (χ2n) is 9.89. The zero-order chi connectivity index (χ0) is 24.7. The predicted octanol–water partition coefficient (Wildman–Crippen LogP) is 4.44. The van der Waals surface area contributed by atoms with Gasteiger partial charge < -0.3 is 24.4 Å². The van der Waals surface area contributed by atoms with E-state index in [2.05, 4.69) is 25.9 Å². The molecule has 1 amide bonds. The lowest BCUT2D eigenvalue weighted by Crippen LogP contribution is -2.55. The number of rotatable bonds is 4. The normalized spacial score (nSPS) is 29.6. The topological polar surface area (TPSA) is 88.0 Å². The van der Waals surface area contributed by atoms with Crippen molar-refractivity contribution < 1.29 is 36.9 Å². The molecule has 7 rings (SSSR count). The molecule has 2 unspecified atom stereocenters. The maximum absolute atomic E-state index is 15.3. The van der Waals surface area contributed by atoms with Gasteiger partial charge in [-0.3, -0.25) is 0 Å². The maximum Gasteiger partial charge on any atom is 0.417 e. The number of piperazine rings is 1. The lowest BCUT2D eigenvalue weighted by Gasteiger charge is -2.41. The van der Waals surface area contributed by atoms with Crippen LogP contribution in [0.15, 0.2) is 10.5 Å². The molecule has 4 aliphatic heterocycles. The molecule has 0 radical (unpaired) electrons. The number of hydrogen-bond donors (Lipinski definition) is 1. The third-order valence-corrected chi connectivity index (χ3v) is 8.36. The summed E-state index contributed by atoms with van der Waals surface area (Å²) in [6.07, 6.45) is -2.64. The Labute approximate surface area is 205 Å². The van der Waals surface area contributed by atoms with Crippen LogP contribution in [0.1, 0.15) is 31.2 Å². The first-order valence-corrected chi connectivity index (χ1v) is 12.1. The van der Waals surface area contributed by atoms with Gasteiger partial charge >= 0.3 is 18.3 Å². The Morgan fingerprint density at radius 1 is 1.26 bits per heavy atom. The van der Waals surface area contributed by atoms with Gasteiger partial charge in [-0.05, 0) is 47.7 Å². The molecule has 1 N–H and O–H groups in total. The molecule has 4 saturated heterocycles. The van der Waals surface area contributed by atoms with Crippen LogP contribution < -0.4 is 9.64 Å². The number of anilines is 1. The van der Waals surface area contributed by atoms with Gasteiger partial charge in [0.2, 0.25) is 0 Å². The molecule has 1 aliphatic carbocycles. The second-order valence-corrected chi connectivity index (χ2v) is 10.7. The van der Waals surface area contributed by atoms with Crippen molar-refractivity contribution in [2.75, 3.05) is 31.2 Å². The van der Waals surface area contributed by atoms with E-state index < -0.39 is 28.1 Å². The van der Waals surface area contributed by atoms with E-state index in [0.717, 1.165) is 18.9 Å². The van der Waals surface area contributed by atoms with Gasteiger partial charge in [0.25, 0.3) is 0 Å². The van der Waals surface area contributed by atoms with Crippen molar-refractivity contribution in [3.05, 3.63) is 21.9 Å². The van der Waals surface area contributed by atoms with Crippen LogP contribution >= 0.6 is 15.9 Å². The number of hydrogen-bond acceptors (Lipinski definition) is 6. The molecule has 2 aromatic rings. The second kappa shape index (κ2) is 7.79. The summed E-state index contributed by atoms with van der Waals surface area (Å²) in [6, 6.07) is 0.130. The van der Waals surface area contributed by atoms with Crippen LogP contribution in [0.5, 0.6) is 6.01 Å². The minimum atomic E-state index is -4.80. The highest BCUT2D eigenvalue weighted by molar-refractivity contribution is 9.10. The third kappa shape index (κ3) is 3.69. The van der Waals surface area contributed by atoms with E-state index in [-0.39, 0.29) is 66.0 Å². The van der Waals surface area contributed by atoms with Crippen molar-refractivity contribution in [1.82, 2.24) is 14.9 Å². The van der Waals surface area contributed by atoms with Crippen molar-refractivity contribution in [1.29, 1.82) is 0 Å². The van der Waals surface area contributed by atoms with Crippen LogP contribution in [-0.4, -0.2) is 70.6 Å². The van der Waals surface area contributed by atoms with E-state index in [1.165, 1.54) is 4.90 Å². The van der Waals surface area contributed by atoms with Crippen LogP contribution in [0.3, 0.4) is 0 Å². The van der Waals surface area contributed by atoms with Crippen LogP contribution in [-0.2, 0) is 10.9 Å².